The average molecular weight is 394 g/mol. The van der Waals surface area contributed by atoms with Crippen LogP contribution >= 0.6 is 0 Å². The van der Waals surface area contributed by atoms with Crippen LogP contribution in [0.3, 0.4) is 0 Å². The molecule has 0 spiro atoms. The van der Waals surface area contributed by atoms with Crippen LogP contribution in [0.4, 0.5) is 0 Å². The van der Waals surface area contributed by atoms with Gasteiger partial charge in [-0.25, -0.2) is 8.42 Å². The number of nitrogens with one attached hydrogen (secondary N) is 1. The van der Waals surface area contributed by atoms with Gasteiger partial charge < -0.3 is 10.1 Å². The third-order valence-corrected chi connectivity index (χ3v) is 8.53. The van der Waals surface area contributed by atoms with Crippen molar-refractivity contribution in [3.63, 3.8) is 0 Å². The van der Waals surface area contributed by atoms with Crippen LogP contribution in [0, 0.1) is 31.6 Å². The summed E-state index contributed by atoms with van der Waals surface area (Å²) in [6.07, 6.45) is 6.01. The molecule has 2 atom stereocenters. The maximum atomic E-state index is 13.1. The molecule has 6 nitrogen and oxygen atoms in total. The number of hydrogen-bond acceptors (Lipinski definition) is 5. The van der Waals surface area contributed by atoms with E-state index in [4.69, 9.17) is 4.74 Å². The summed E-state index contributed by atoms with van der Waals surface area (Å²) in [5.41, 5.74) is 1.64. The van der Waals surface area contributed by atoms with Crippen LogP contribution in [0.5, 0.6) is 0 Å². The molecular formula is C20H31N3O3S. The number of ether oxygens (including phenoxy) is 1. The predicted octanol–water partition coefficient (Wildman–Crippen LogP) is 2.11. The van der Waals surface area contributed by atoms with E-state index in [1.807, 2.05) is 19.9 Å². The standard InChI is InChI=1S/C20H31N3O3S/c1-14-7-15(2)21-11-20(14)27(24,25)23-12-17-8-19(9-18(17)13-23)22-10-16-3-5-26-6-4-16/h7,11,16-19,22H,3-6,8-10,12-13H2,1-2H3. The highest BCUT2D eigenvalue weighted by atomic mass is 32.2. The van der Waals surface area contributed by atoms with Gasteiger partial charge in [0.05, 0.1) is 0 Å². The molecule has 0 bridgehead atoms. The van der Waals surface area contributed by atoms with Crippen LogP contribution in [0.1, 0.15) is 36.9 Å². The van der Waals surface area contributed by atoms with Gasteiger partial charge >= 0.3 is 0 Å². The van der Waals surface area contributed by atoms with E-state index < -0.39 is 10.0 Å². The van der Waals surface area contributed by atoms with E-state index in [1.165, 1.54) is 6.20 Å². The quantitative estimate of drug-likeness (QED) is 0.830. The Morgan fingerprint density at radius 3 is 2.48 bits per heavy atom. The topological polar surface area (TPSA) is 71.5 Å². The van der Waals surface area contributed by atoms with Gasteiger partial charge in [0.2, 0.25) is 10.0 Å². The monoisotopic (exact) mass is 393 g/mol. The zero-order valence-electron chi connectivity index (χ0n) is 16.4. The number of aromatic nitrogens is 1. The van der Waals surface area contributed by atoms with Crippen LogP contribution in [-0.2, 0) is 14.8 Å². The van der Waals surface area contributed by atoms with Gasteiger partial charge in [-0.3, -0.25) is 4.98 Å². The molecule has 1 N–H and O–H groups in total. The van der Waals surface area contributed by atoms with Gasteiger partial charge in [0, 0.05) is 44.2 Å². The summed E-state index contributed by atoms with van der Waals surface area (Å²) >= 11 is 0. The number of nitrogens with zero attached hydrogens (tertiary/aromatic N) is 2. The summed E-state index contributed by atoms with van der Waals surface area (Å²) in [5.74, 6) is 1.68. The minimum absolute atomic E-state index is 0.363. The highest BCUT2D eigenvalue weighted by Crippen LogP contribution is 2.40. The van der Waals surface area contributed by atoms with Crippen molar-refractivity contribution < 1.29 is 13.2 Å². The van der Waals surface area contributed by atoms with Crippen LogP contribution in [0.2, 0.25) is 0 Å². The Bertz CT molecular complexity index is 763. The molecule has 3 fully saturated rings. The Morgan fingerprint density at radius 1 is 1.19 bits per heavy atom. The summed E-state index contributed by atoms with van der Waals surface area (Å²) in [4.78, 5) is 4.57. The van der Waals surface area contributed by atoms with Gasteiger partial charge in [0.15, 0.2) is 0 Å². The molecule has 0 amide bonds. The summed E-state index contributed by atoms with van der Waals surface area (Å²) in [6.45, 7) is 7.89. The van der Waals surface area contributed by atoms with Crippen LogP contribution in [0.15, 0.2) is 17.2 Å². The summed E-state index contributed by atoms with van der Waals surface area (Å²) in [5, 5.41) is 3.75. The lowest BCUT2D eigenvalue weighted by Gasteiger charge is -2.25. The van der Waals surface area contributed by atoms with E-state index in [0.29, 0.717) is 35.9 Å². The Labute approximate surface area is 162 Å². The zero-order chi connectivity index (χ0) is 19.0. The molecule has 2 aliphatic heterocycles. The summed E-state index contributed by atoms with van der Waals surface area (Å²) in [6, 6.07) is 2.38. The molecular weight excluding hydrogens is 362 g/mol. The number of aryl methyl sites for hydroxylation is 2. The van der Waals surface area contributed by atoms with Crippen molar-refractivity contribution in [2.75, 3.05) is 32.8 Å². The van der Waals surface area contributed by atoms with Gasteiger partial charge in [-0.05, 0) is 75.5 Å². The number of pyridine rings is 1. The second kappa shape index (κ2) is 7.78. The summed E-state index contributed by atoms with van der Waals surface area (Å²) in [7, 11) is -3.44. The molecule has 1 aromatic heterocycles. The largest absolute Gasteiger partial charge is 0.381 e. The molecule has 0 aromatic carbocycles. The molecule has 3 aliphatic rings. The van der Waals surface area contributed by atoms with Gasteiger partial charge in [-0.2, -0.15) is 4.31 Å². The lowest BCUT2D eigenvalue weighted by atomic mass is 10.00. The van der Waals surface area contributed by atoms with Gasteiger partial charge in [0.1, 0.15) is 4.90 Å². The second-order valence-electron chi connectivity index (χ2n) is 8.57. The Kier molecular flexibility index (Phi) is 5.56. The third-order valence-electron chi connectivity index (χ3n) is 6.57. The van der Waals surface area contributed by atoms with Gasteiger partial charge in [-0.1, -0.05) is 0 Å². The van der Waals surface area contributed by atoms with E-state index >= 15 is 0 Å². The Hall–Kier alpha value is -1.02. The predicted molar refractivity (Wildman–Crippen MR) is 104 cm³/mol. The van der Waals surface area contributed by atoms with Crippen molar-refractivity contribution in [3.05, 3.63) is 23.5 Å². The van der Waals surface area contributed by atoms with Crippen LogP contribution in [-0.4, -0.2) is 56.6 Å². The minimum atomic E-state index is -3.44. The van der Waals surface area contributed by atoms with E-state index in [1.54, 1.807) is 4.31 Å². The van der Waals surface area contributed by atoms with Crippen LogP contribution < -0.4 is 5.32 Å². The number of sulfonamides is 1. The maximum absolute atomic E-state index is 13.1. The highest BCUT2D eigenvalue weighted by Gasteiger charge is 2.45. The molecule has 3 heterocycles. The third kappa shape index (κ3) is 4.06. The van der Waals surface area contributed by atoms with E-state index in [2.05, 4.69) is 10.3 Å². The van der Waals surface area contributed by atoms with Crippen molar-refractivity contribution in [3.8, 4) is 0 Å². The van der Waals surface area contributed by atoms with E-state index in [0.717, 1.165) is 62.6 Å². The molecule has 2 unspecified atom stereocenters. The van der Waals surface area contributed by atoms with Crippen molar-refractivity contribution >= 4 is 10.0 Å². The molecule has 7 heteroatoms. The molecule has 2 saturated heterocycles. The molecule has 27 heavy (non-hydrogen) atoms. The molecule has 0 radical (unpaired) electrons. The number of fused-ring (bicyclic) bond motifs is 1. The van der Waals surface area contributed by atoms with E-state index in [-0.39, 0.29) is 0 Å². The smallest absolute Gasteiger partial charge is 0.244 e. The Balaban J connectivity index is 1.34. The minimum Gasteiger partial charge on any atom is -0.381 e. The van der Waals surface area contributed by atoms with Gasteiger partial charge in [0.25, 0.3) is 0 Å². The first-order valence-corrected chi connectivity index (χ1v) is 11.6. The lowest BCUT2D eigenvalue weighted by molar-refractivity contribution is 0.0654. The van der Waals surface area contributed by atoms with Crippen molar-refractivity contribution in [2.24, 2.45) is 17.8 Å². The van der Waals surface area contributed by atoms with E-state index in [9.17, 15) is 8.42 Å². The molecule has 1 aliphatic carbocycles. The molecule has 4 rings (SSSR count). The molecule has 1 aromatic rings. The zero-order valence-corrected chi connectivity index (χ0v) is 17.2. The first kappa shape index (κ1) is 19.3. The SMILES string of the molecule is Cc1cc(C)c(S(=O)(=O)N2CC3CC(NCC4CCOCC4)CC3C2)cn1. The fourth-order valence-electron chi connectivity index (χ4n) is 5.00. The lowest BCUT2D eigenvalue weighted by Crippen LogP contribution is -2.36. The molecule has 1 saturated carbocycles. The fraction of sp³-hybridized carbons (Fsp3) is 0.750. The summed E-state index contributed by atoms with van der Waals surface area (Å²) < 4.78 is 33.3. The molecule has 150 valence electrons. The van der Waals surface area contributed by atoms with Gasteiger partial charge in [-0.15, -0.1) is 0 Å². The van der Waals surface area contributed by atoms with Crippen molar-refractivity contribution in [1.82, 2.24) is 14.6 Å². The Morgan fingerprint density at radius 2 is 1.85 bits per heavy atom. The first-order chi connectivity index (χ1) is 12.9. The number of hydrogen-bond donors (Lipinski definition) is 1. The fourth-order valence-corrected chi connectivity index (χ4v) is 6.70. The first-order valence-electron chi connectivity index (χ1n) is 10.2. The maximum Gasteiger partial charge on any atom is 0.244 e. The van der Waals surface area contributed by atoms with Crippen molar-refractivity contribution in [2.45, 2.75) is 50.5 Å². The number of rotatable bonds is 5. The van der Waals surface area contributed by atoms with Crippen molar-refractivity contribution in [1.29, 1.82) is 0 Å². The second-order valence-corrected chi connectivity index (χ2v) is 10.5. The van der Waals surface area contributed by atoms with Crippen LogP contribution in [0.25, 0.3) is 0 Å². The highest BCUT2D eigenvalue weighted by molar-refractivity contribution is 7.89. The normalized spacial score (nSPS) is 29.9. The average Bonchev–Trinajstić information content (AvgIpc) is 3.19.